The number of pyridine rings is 1. The zero-order chi connectivity index (χ0) is 111. The Balaban J connectivity index is 0.00000269. The van der Waals surface area contributed by atoms with Crippen LogP contribution in [0.5, 0.6) is 0 Å². The predicted molar refractivity (Wildman–Crippen MR) is 665 cm³/mol. The Labute approximate surface area is 922 Å². The minimum atomic E-state index is -0.0887. The van der Waals surface area contributed by atoms with E-state index in [1.807, 2.05) is 36.4 Å². The summed E-state index contributed by atoms with van der Waals surface area (Å²) in [5, 5.41) is 2.02. The van der Waals surface area contributed by atoms with Gasteiger partial charge in [-0.1, -0.05) is 594 Å². The Morgan fingerprint density at radius 3 is 0.623 bits per heavy atom. The Morgan fingerprint density at radius 2 is 0.411 bits per heavy atom. The van der Waals surface area contributed by atoms with Crippen molar-refractivity contribution in [2.75, 3.05) is 0 Å². The summed E-state index contributed by atoms with van der Waals surface area (Å²) >= 11 is 5.99. The molecule has 0 aliphatic rings. The van der Waals surface area contributed by atoms with Gasteiger partial charge in [0, 0.05) is 22.3 Å². The fourth-order valence-corrected chi connectivity index (χ4v) is 36.1. The molecule has 0 radical (unpaired) electrons. The van der Waals surface area contributed by atoms with Crippen LogP contribution in [0, 0.1) is 103 Å². The number of fused-ring (bicyclic) bond motifs is 2. The molecule has 0 fully saturated rings. The molecule has 1 unspecified atom stereocenters. The highest BCUT2D eigenvalue weighted by Gasteiger charge is 2.63. The lowest BCUT2D eigenvalue weighted by Gasteiger charge is -2.64. The average molecular weight is 2050 g/mol. The van der Waals surface area contributed by atoms with Gasteiger partial charge in [-0.25, -0.2) is 0 Å². The molecule has 852 valence electrons. The van der Waals surface area contributed by atoms with Crippen LogP contribution in [0.2, 0.25) is 5.02 Å². The van der Waals surface area contributed by atoms with Crippen LogP contribution in [0.15, 0.2) is 77.6 Å². The molecule has 0 bridgehead atoms. The number of unbranched alkanes of at least 4 members (excludes halogenated alkanes) is 2. The molecule has 1 heterocycles. The SMILES string of the molecule is CCCCCC(CC)(CC)CC(CC(CC(CC)c1ccccc1)(CC(CC(CC)(CC)CC)(CC(CC)(CC)CC)CC(CC)(CC)CC)CC(CC(CC)(CC)CC)(CC(CC)(CC)CC)CC(CC)(CC)CC)(CC(CC(CC)(CC)CC)(CC(CC)(CC)CC)CC(CC)(CC)CC)CC(CC(CC)(CC)CC)(CC(CC)(CC)CC)CC(CC)(CC)CC.CCn1c2ccccc2c(=O)c2cc(Cl)ccc21. The van der Waals surface area contributed by atoms with E-state index in [9.17, 15) is 4.79 Å². The maximum Gasteiger partial charge on any atom is 0.197 e. The van der Waals surface area contributed by atoms with E-state index >= 15 is 0 Å². The van der Waals surface area contributed by atoms with Crippen LogP contribution in [0.25, 0.3) is 21.8 Å². The molecule has 0 N–H and O–H groups in total. The third-order valence-corrected chi connectivity index (χ3v) is 49.2. The molecule has 0 aliphatic carbocycles. The zero-order valence-electron chi connectivity index (χ0n) is 107. The fourth-order valence-electron chi connectivity index (χ4n) is 36.0. The van der Waals surface area contributed by atoms with Crippen LogP contribution in [-0.2, 0) is 6.54 Å². The van der Waals surface area contributed by atoms with Crippen LogP contribution in [0.1, 0.15) is 693 Å². The van der Waals surface area contributed by atoms with E-state index in [1.165, 1.54) is 398 Å². The molecule has 0 spiro atoms. The highest BCUT2D eigenvalue weighted by molar-refractivity contribution is 6.31. The van der Waals surface area contributed by atoms with Crippen molar-refractivity contribution in [3.05, 3.63) is 93.6 Å². The molecule has 3 aromatic carbocycles. The summed E-state index contributed by atoms with van der Waals surface area (Å²) in [6.07, 6.45) is 82.0. The van der Waals surface area contributed by atoms with E-state index in [1.54, 1.807) is 11.6 Å². The third-order valence-electron chi connectivity index (χ3n) is 49.0. The van der Waals surface area contributed by atoms with Gasteiger partial charge < -0.3 is 4.57 Å². The molecule has 0 aliphatic heterocycles. The lowest BCUT2D eigenvalue weighted by atomic mass is 9.41. The van der Waals surface area contributed by atoms with Crippen molar-refractivity contribution in [2.45, 2.75) is 694 Å². The molecule has 4 aromatic rings. The molecule has 0 saturated carbocycles. The topological polar surface area (TPSA) is 22.0 Å². The molecule has 2 nitrogen and oxygen atoms in total. The number of para-hydroxylation sites is 1. The number of nitrogens with zero attached hydrogens (tertiary/aromatic N) is 1. The summed E-state index contributed by atoms with van der Waals surface area (Å²) in [7, 11) is 0. The van der Waals surface area contributed by atoms with E-state index in [2.05, 4.69) is 319 Å². The number of benzene rings is 3. The second-order valence-electron chi connectivity index (χ2n) is 53.5. The van der Waals surface area contributed by atoms with E-state index < -0.39 is 0 Å². The summed E-state index contributed by atoms with van der Waals surface area (Å²) < 4.78 is 2.14. The van der Waals surface area contributed by atoms with Crippen LogP contribution in [0.3, 0.4) is 0 Å². The summed E-state index contributed by atoms with van der Waals surface area (Å²) in [4.78, 5) is 12.4. The lowest BCUT2D eigenvalue weighted by Crippen LogP contribution is -2.53. The van der Waals surface area contributed by atoms with E-state index in [-0.39, 0.29) is 108 Å². The van der Waals surface area contributed by atoms with Gasteiger partial charge in [0.1, 0.15) is 0 Å². The quantitative estimate of drug-likeness (QED) is 0.0319. The first-order valence-electron chi connectivity index (χ1n) is 65.6. The van der Waals surface area contributed by atoms with Crippen molar-refractivity contribution in [1.82, 2.24) is 4.57 Å². The Kier molecular flexibility index (Phi) is 58.9. The number of hydrogen-bond acceptors (Lipinski definition) is 1. The maximum absolute atomic E-state index is 12.4. The molecular formula is C143H262ClNO. The minimum absolute atomic E-state index is 0.0489. The highest BCUT2D eigenvalue weighted by Crippen LogP contribution is 2.75. The molecule has 0 amide bonds. The highest BCUT2D eigenvalue weighted by atomic mass is 35.5. The van der Waals surface area contributed by atoms with Gasteiger partial charge >= 0.3 is 0 Å². The number of aryl methyl sites for hydroxylation is 1. The van der Waals surface area contributed by atoms with Crippen LogP contribution in [0.4, 0.5) is 0 Å². The summed E-state index contributed by atoms with van der Waals surface area (Å²) in [5.41, 5.74) is 6.72. The standard InChI is InChI=1S/C128H250.C15H12ClNO/c1-41-81-85-88-122(79-39,80-40)102-128(106-126(96-116(61-21,62-22)63-23,97-117(64-24,65-25)66-26)98-118(67-27,68-28)69-29,107-127(99-119(70-30,71-31)72-32,100-120(73-33,74-34)75-35)101-121(76-36,77-37)78-38)105-123(89-108(42-2)109-86-83-82-84-87-109,103-124(90-110(43-3,44-4)45-5,91-111(46-6,47-7)48-8)92-112(49-9,50-10)51-11)104-125(93-113(52-12,53-13)54-14,94-114(55-15,56-16)57-17)95-115(58-18,59-19)60-20;1-2-17-13-6-4-3-5-11(13)15(18)12-9-10(16)7-8-14(12)17/h82-84,86-87,108H,41-81,85,88-107H2,1-40H3;3-9H,2H2,1H3. The zero-order valence-corrected chi connectivity index (χ0v) is 108. The first-order chi connectivity index (χ1) is 69.3. The first kappa shape index (κ1) is 138. The van der Waals surface area contributed by atoms with Gasteiger partial charge in [0.05, 0.1) is 11.0 Å². The van der Waals surface area contributed by atoms with Gasteiger partial charge in [0.15, 0.2) is 5.43 Å². The normalized spacial score (nSPS) is 14.3. The fraction of sp³-hybridized carbons (Fsp3) is 0.867. The third kappa shape index (κ3) is 34.0. The van der Waals surface area contributed by atoms with Crippen molar-refractivity contribution in [3.63, 3.8) is 0 Å². The van der Waals surface area contributed by atoms with Gasteiger partial charge in [-0.05, 0) is 286 Å². The molecule has 146 heavy (non-hydrogen) atoms. The number of aromatic nitrogens is 1. The largest absolute Gasteiger partial charge is 0.341 e. The van der Waals surface area contributed by atoms with E-state index in [0.717, 1.165) is 23.0 Å². The minimum Gasteiger partial charge on any atom is -0.341 e. The summed E-state index contributed by atoms with van der Waals surface area (Å²) in [6.45, 7) is 112. The predicted octanol–water partition coefficient (Wildman–Crippen LogP) is 50.3. The van der Waals surface area contributed by atoms with Crippen LogP contribution >= 0.6 is 11.6 Å². The molecule has 1 aromatic heterocycles. The van der Waals surface area contributed by atoms with Gasteiger partial charge in [-0.15, -0.1) is 0 Å². The maximum atomic E-state index is 12.4. The molecule has 0 saturated heterocycles. The smallest absolute Gasteiger partial charge is 0.197 e. The second kappa shape index (κ2) is 62.5. The van der Waals surface area contributed by atoms with Crippen molar-refractivity contribution < 1.29 is 0 Å². The average Bonchev–Trinajstić information content (AvgIpc) is 0.716. The first-order valence-corrected chi connectivity index (χ1v) is 66.0. The Bertz CT molecular complexity index is 3680. The Morgan fingerprint density at radius 1 is 0.212 bits per heavy atom. The number of halogens is 1. The van der Waals surface area contributed by atoms with Gasteiger partial charge in [0.2, 0.25) is 0 Å². The summed E-state index contributed by atoms with van der Waals surface area (Å²) in [5.74, 6) is 0.428. The van der Waals surface area contributed by atoms with Crippen molar-refractivity contribution in [2.24, 2.45) is 103 Å². The summed E-state index contributed by atoms with van der Waals surface area (Å²) in [6, 6.07) is 26.1. The van der Waals surface area contributed by atoms with Crippen LogP contribution < -0.4 is 5.43 Å². The number of hydrogen-bond donors (Lipinski definition) is 0. The van der Waals surface area contributed by atoms with Gasteiger partial charge in [0.25, 0.3) is 0 Å². The monoisotopic (exact) mass is 2050 g/mol. The van der Waals surface area contributed by atoms with E-state index in [4.69, 9.17) is 11.6 Å². The lowest BCUT2D eigenvalue weighted by molar-refractivity contribution is -0.129. The van der Waals surface area contributed by atoms with Gasteiger partial charge in [-0.3, -0.25) is 4.79 Å². The molecule has 3 heteroatoms. The van der Waals surface area contributed by atoms with Crippen molar-refractivity contribution >= 4 is 33.4 Å². The Hall–Kier alpha value is -2.58. The molecular weight excluding hydrogens is 1780 g/mol. The van der Waals surface area contributed by atoms with Gasteiger partial charge in [-0.2, -0.15) is 0 Å². The van der Waals surface area contributed by atoms with Crippen molar-refractivity contribution in [1.29, 1.82) is 0 Å². The molecule has 1 atom stereocenters. The van der Waals surface area contributed by atoms with Crippen LogP contribution in [-0.4, -0.2) is 4.57 Å². The van der Waals surface area contributed by atoms with Crippen molar-refractivity contribution in [3.8, 4) is 0 Å². The second-order valence-corrected chi connectivity index (χ2v) is 54.0. The molecule has 4 rings (SSSR count). The number of rotatable bonds is 83. The van der Waals surface area contributed by atoms with E-state index in [0.29, 0.717) is 16.3 Å².